The van der Waals surface area contributed by atoms with Crippen LogP contribution in [0.4, 0.5) is 10.6 Å². The van der Waals surface area contributed by atoms with Crippen LogP contribution in [-0.4, -0.2) is 65.2 Å². The van der Waals surface area contributed by atoms with Crippen LogP contribution >= 0.6 is 0 Å². The number of anilines is 1. The Morgan fingerprint density at radius 1 is 1.17 bits per heavy atom. The first-order valence-corrected chi connectivity index (χ1v) is 13.0. The minimum Gasteiger partial charge on any atom is -0.444 e. The van der Waals surface area contributed by atoms with Crippen LogP contribution in [0.5, 0.6) is 0 Å². The molecule has 0 radical (unpaired) electrons. The third kappa shape index (κ3) is 5.40. The number of carbonyl (C=O) groups excluding carboxylic acids is 1. The Labute approximate surface area is 205 Å². The quantitative estimate of drug-likeness (QED) is 0.568. The second-order valence-corrected chi connectivity index (χ2v) is 11.6. The predicted octanol–water partition coefficient (Wildman–Crippen LogP) is 3.32. The minimum absolute atomic E-state index is 0.0788. The summed E-state index contributed by atoms with van der Waals surface area (Å²) in [5, 5.41) is 7.55. The summed E-state index contributed by atoms with van der Waals surface area (Å²) in [6.07, 6.45) is 4.16. The van der Waals surface area contributed by atoms with Crippen molar-refractivity contribution in [1.82, 2.24) is 24.3 Å². The molecule has 35 heavy (non-hydrogen) atoms. The van der Waals surface area contributed by atoms with Crippen molar-refractivity contribution in [2.45, 2.75) is 57.1 Å². The fourth-order valence-corrected chi connectivity index (χ4v) is 5.45. The van der Waals surface area contributed by atoms with Gasteiger partial charge in [-0.3, -0.25) is 5.01 Å². The molecule has 1 aliphatic heterocycles. The van der Waals surface area contributed by atoms with Crippen LogP contribution in [0, 0.1) is 6.92 Å². The van der Waals surface area contributed by atoms with Gasteiger partial charge in [0.15, 0.2) is 11.5 Å². The third-order valence-electron chi connectivity index (χ3n) is 5.86. The monoisotopic (exact) mass is 500 g/mol. The maximum absolute atomic E-state index is 13.3. The number of fused-ring (bicyclic) bond motifs is 1. The number of nitrogens with zero attached hydrogens (tertiary/aromatic N) is 5. The number of piperidine rings is 1. The van der Waals surface area contributed by atoms with Crippen molar-refractivity contribution in [1.29, 1.82) is 0 Å². The van der Waals surface area contributed by atoms with Crippen LogP contribution in [0.2, 0.25) is 0 Å². The van der Waals surface area contributed by atoms with E-state index in [1.54, 1.807) is 30.3 Å². The average Bonchev–Trinajstić information content (AvgIpc) is 3.23. The van der Waals surface area contributed by atoms with E-state index in [4.69, 9.17) is 4.74 Å². The Balaban J connectivity index is 1.57. The zero-order chi connectivity index (χ0) is 25.4. The fraction of sp³-hybridized carbons (Fsp3) is 0.458. The van der Waals surface area contributed by atoms with E-state index in [-0.39, 0.29) is 10.9 Å². The topological polar surface area (TPSA) is 110 Å². The standard InChI is InChI=1S/C24H32N6O4S/c1-17-8-10-19(11-9-17)35(32,33)30-14-12-20-21(25-16-26-22(20)30)28(5)29-13-6-7-18(15-29)27-23(31)34-24(2,3)4/h8-12,14,16,18H,6-7,13,15H2,1-5H3,(H,27,31). The molecule has 188 valence electrons. The van der Waals surface area contributed by atoms with E-state index in [0.717, 1.165) is 24.9 Å². The highest BCUT2D eigenvalue weighted by Crippen LogP contribution is 2.28. The van der Waals surface area contributed by atoms with Crippen molar-refractivity contribution in [2.24, 2.45) is 0 Å². The molecule has 2 aromatic heterocycles. The molecule has 0 spiro atoms. The number of hydrazine groups is 1. The van der Waals surface area contributed by atoms with Crippen molar-refractivity contribution in [3.05, 3.63) is 48.4 Å². The van der Waals surface area contributed by atoms with Crippen molar-refractivity contribution in [3.63, 3.8) is 0 Å². The molecular weight excluding hydrogens is 468 g/mol. The van der Waals surface area contributed by atoms with Crippen molar-refractivity contribution >= 4 is 33.0 Å². The molecule has 1 atom stereocenters. The number of benzene rings is 1. The zero-order valence-electron chi connectivity index (χ0n) is 20.7. The van der Waals surface area contributed by atoms with Gasteiger partial charge in [-0.25, -0.2) is 32.2 Å². The van der Waals surface area contributed by atoms with Crippen LogP contribution in [0.3, 0.4) is 0 Å². The van der Waals surface area contributed by atoms with Crippen molar-refractivity contribution in [3.8, 4) is 0 Å². The Kier molecular flexibility index (Phi) is 6.74. The molecule has 1 N–H and O–H groups in total. The number of alkyl carbamates (subject to hydrolysis) is 1. The first-order chi connectivity index (χ1) is 16.5. The summed E-state index contributed by atoms with van der Waals surface area (Å²) < 4.78 is 33.1. The molecule has 11 heteroatoms. The lowest BCUT2D eigenvalue weighted by atomic mass is 10.1. The van der Waals surface area contributed by atoms with Crippen LogP contribution < -0.4 is 10.3 Å². The van der Waals surface area contributed by atoms with Crippen LogP contribution in [0.1, 0.15) is 39.2 Å². The number of aromatic nitrogens is 3. The molecule has 1 fully saturated rings. The molecule has 3 heterocycles. The van der Waals surface area contributed by atoms with E-state index < -0.39 is 21.7 Å². The SMILES string of the molecule is Cc1ccc(S(=O)(=O)n2ccc3c(N(C)N4CCCC(NC(=O)OC(C)(C)C)C4)ncnc32)cc1. The number of aryl methyl sites for hydroxylation is 1. The van der Waals surface area contributed by atoms with Gasteiger partial charge in [0, 0.05) is 32.4 Å². The van der Waals surface area contributed by atoms with Gasteiger partial charge in [0.25, 0.3) is 10.0 Å². The number of rotatable bonds is 5. The van der Waals surface area contributed by atoms with Gasteiger partial charge in [-0.2, -0.15) is 0 Å². The second kappa shape index (κ2) is 9.46. The lowest BCUT2D eigenvalue weighted by molar-refractivity contribution is 0.0470. The fourth-order valence-electron chi connectivity index (χ4n) is 4.15. The Bertz CT molecular complexity index is 1310. The van der Waals surface area contributed by atoms with Crippen LogP contribution in [0.25, 0.3) is 11.0 Å². The lowest BCUT2D eigenvalue weighted by Crippen LogP contribution is -2.53. The molecular formula is C24H32N6O4S. The van der Waals surface area contributed by atoms with Gasteiger partial charge in [0.2, 0.25) is 0 Å². The molecule has 1 aliphatic rings. The molecule has 4 rings (SSSR count). The number of carbonyl (C=O) groups is 1. The Morgan fingerprint density at radius 3 is 2.57 bits per heavy atom. The summed E-state index contributed by atoms with van der Waals surface area (Å²) in [4.78, 5) is 21.2. The largest absolute Gasteiger partial charge is 0.444 e. The first-order valence-electron chi connectivity index (χ1n) is 11.6. The average molecular weight is 501 g/mol. The van der Waals surface area contributed by atoms with Gasteiger partial charge in [0.05, 0.1) is 10.3 Å². The predicted molar refractivity (Wildman–Crippen MR) is 134 cm³/mol. The number of hydrogen-bond donors (Lipinski definition) is 1. The van der Waals surface area contributed by atoms with Gasteiger partial charge < -0.3 is 10.1 Å². The van der Waals surface area contributed by atoms with E-state index in [1.807, 2.05) is 39.8 Å². The van der Waals surface area contributed by atoms with Gasteiger partial charge >= 0.3 is 6.09 Å². The molecule has 0 aliphatic carbocycles. The van der Waals surface area contributed by atoms with Crippen molar-refractivity contribution < 1.29 is 17.9 Å². The molecule has 3 aromatic rings. The van der Waals surface area contributed by atoms with Crippen molar-refractivity contribution in [2.75, 3.05) is 25.1 Å². The number of amides is 1. The van der Waals surface area contributed by atoms with E-state index in [9.17, 15) is 13.2 Å². The summed E-state index contributed by atoms with van der Waals surface area (Å²) >= 11 is 0. The van der Waals surface area contributed by atoms with E-state index in [2.05, 4.69) is 20.3 Å². The molecule has 1 amide bonds. The normalized spacial score (nSPS) is 17.3. The Hall–Kier alpha value is -3.18. The zero-order valence-corrected chi connectivity index (χ0v) is 21.5. The second-order valence-electron chi connectivity index (χ2n) is 9.79. The summed E-state index contributed by atoms with van der Waals surface area (Å²) in [6, 6.07) is 8.36. The van der Waals surface area contributed by atoms with Gasteiger partial charge in [-0.1, -0.05) is 17.7 Å². The maximum Gasteiger partial charge on any atom is 0.407 e. The number of ether oxygens (including phenoxy) is 1. The first kappa shape index (κ1) is 24.9. The summed E-state index contributed by atoms with van der Waals surface area (Å²) in [7, 11) is -1.93. The minimum atomic E-state index is -3.81. The molecule has 10 nitrogen and oxygen atoms in total. The highest BCUT2D eigenvalue weighted by atomic mass is 32.2. The van der Waals surface area contributed by atoms with Crippen LogP contribution in [-0.2, 0) is 14.8 Å². The van der Waals surface area contributed by atoms with Gasteiger partial charge in [-0.05, 0) is 58.7 Å². The maximum atomic E-state index is 13.3. The Morgan fingerprint density at radius 2 is 1.89 bits per heavy atom. The van der Waals surface area contributed by atoms with Crippen LogP contribution in [0.15, 0.2) is 47.8 Å². The van der Waals surface area contributed by atoms with E-state index >= 15 is 0 Å². The summed E-state index contributed by atoms with van der Waals surface area (Å²) in [5.41, 5.74) is 0.727. The highest BCUT2D eigenvalue weighted by molar-refractivity contribution is 7.90. The highest BCUT2D eigenvalue weighted by Gasteiger charge is 2.28. The van der Waals surface area contributed by atoms with Gasteiger partial charge in [0.1, 0.15) is 11.9 Å². The summed E-state index contributed by atoms with van der Waals surface area (Å²) in [6.45, 7) is 8.75. The lowest BCUT2D eigenvalue weighted by Gasteiger charge is -2.39. The molecule has 1 unspecified atom stereocenters. The molecule has 0 saturated carbocycles. The van der Waals surface area contributed by atoms with Gasteiger partial charge in [-0.15, -0.1) is 0 Å². The van der Waals surface area contributed by atoms with E-state index in [0.29, 0.717) is 23.4 Å². The molecule has 0 bridgehead atoms. The van der Waals surface area contributed by atoms with E-state index in [1.165, 1.54) is 16.5 Å². The molecule has 1 aromatic carbocycles. The number of nitrogens with one attached hydrogen (secondary N) is 1. The summed E-state index contributed by atoms with van der Waals surface area (Å²) in [5.74, 6) is 0.589. The number of hydrogen-bond acceptors (Lipinski definition) is 8. The third-order valence-corrected chi connectivity index (χ3v) is 7.54. The smallest absolute Gasteiger partial charge is 0.407 e. The molecule has 1 saturated heterocycles.